The van der Waals surface area contributed by atoms with Crippen LogP contribution in [0.1, 0.15) is 335 Å². The molecule has 0 saturated heterocycles. The van der Waals surface area contributed by atoms with Crippen LogP contribution < -0.4 is 10.2 Å². The predicted molar refractivity (Wildman–Crippen MR) is 303 cm³/mol. The molecule has 3 atom stereocenters. The maximum atomic E-state index is 13.0. The normalized spacial score (nSPS) is 13.8. The SMILES string of the molecule is CCCCCCCCCCCCCCCCCCCCCCCCCCCCCCCC(O)C(COP(=O)([O-])OCC[N+](C)(C)C)NC(=O)CCCCCCCCCCCCCCCCCCCCC. The molecule has 0 fully saturated rings. The van der Waals surface area contributed by atoms with Crippen molar-refractivity contribution in [2.45, 2.75) is 347 Å². The van der Waals surface area contributed by atoms with Crippen molar-refractivity contribution < 1.29 is 32.9 Å². The van der Waals surface area contributed by atoms with E-state index in [4.69, 9.17) is 9.05 Å². The van der Waals surface area contributed by atoms with Gasteiger partial charge in [0, 0.05) is 6.42 Å². The molecule has 420 valence electrons. The number of nitrogens with one attached hydrogen (secondary N) is 1. The number of carbonyl (C=O) groups excluding carboxylic acids is 1. The van der Waals surface area contributed by atoms with Crippen LogP contribution in [0.5, 0.6) is 0 Å². The molecule has 0 heterocycles. The molecule has 0 spiro atoms. The van der Waals surface area contributed by atoms with Crippen molar-refractivity contribution in [1.82, 2.24) is 5.32 Å². The van der Waals surface area contributed by atoms with Crippen LogP contribution in [0.2, 0.25) is 0 Å². The Morgan fingerprint density at radius 2 is 0.700 bits per heavy atom. The van der Waals surface area contributed by atoms with Crippen molar-refractivity contribution in [3.63, 3.8) is 0 Å². The highest BCUT2D eigenvalue weighted by Gasteiger charge is 2.24. The van der Waals surface area contributed by atoms with Crippen LogP contribution in [-0.2, 0) is 18.4 Å². The van der Waals surface area contributed by atoms with Gasteiger partial charge >= 0.3 is 0 Å². The Balaban J connectivity index is 4.03. The van der Waals surface area contributed by atoms with Crippen LogP contribution >= 0.6 is 7.82 Å². The quantitative estimate of drug-likeness (QED) is 0.0357. The van der Waals surface area contributed by atoms with Gasteiger partial charge in [-0.15, -0.1) is 0 Å². The average Bonchev–Trinajstić information content (AvgIpc) is 3.32. The van der Waals surface area contributed by atoms with Crippen LogP contribution in [0.3, 0.4) is 0 Å². The van der Waals surface area contributed by atoms with Crippen molar-refractivity contribution in [1.29, 1.82) is 0 Å². The number of phosphoric ester groups is 1. The highest BCUT2D eigenvalue weighted by Crippen LogP contribution is 2.38. The van der Waals surface area contributed by atoms with Gasteiger partial charge in [0.25, 0.3) is 7.82 Å². The smallest absolute Gasteiger partial charge is 0.268 e. The second-order valence-corrected chi connectivity index (χ2v) is 24.5. The molecule has 0 aliphatic heterocycles. The van der Waals surface area contributed by atoms with Gasteiger partial charge in [-0.3, -0.25) is 9.36 Å². The lowest BCUT2D eigenvalue weighted by Crippen LogP contribution is -2.46. The fourth-order valence-electron chi connectivity index (χ4n) is 9.93. The van der Waals surface area contributed by atoms with Crippen LogP contribution in [0, 0.1) is 0 Å². The van der Waals surface area contributed by atoms with E-state index in [9.17, 15) is 19.4 Å². The largest absolute Gasteiger partial charge is 0.756 e. The lowest BCUT2D eigenvalue weighted by molar-refractivity contribution is -0.870. The first kappa shape index (κ1) is 69.5. The number of aliphatic hydroxyl groups is 1. The minimum absolute atomic E-state index is 0.0168. The molecule has 3 unspecified atom stereocenters. The molecule has 1 amide bonds. The number of aliphatic hydroxyl groups excluding tert-OH is 1. The Hall–Kier alpha value is -0.500. The highest BCUT2D eigenvalue weighted by molar-refractivity contribution is 7.45. The van der Waals surface area contributed by atoms with Crippen LogP contribution in [0.4, 0.5) is 0 Å². The molecule has 9 heteroatoms. The number of rotatable bonds is 59. The number of likely N-dealkylation sites (N-methyl/N-ethyl adjacent to an activating group) is 1. The highest BCUT2D eigenvalue weighted by atomic mass is 31.2. The number of unbranched alkanes of at least 4 members (excludes halogenated alkanes) is 46. The molecule has 0 bridgehead atoms. The zero-order valence-electron chi connectivity index (χ0n) is 48.0. The average molecular weight is 1010 g/mol. The number of nitrogens with zero attached hydrogens (tertiary/aromatic N) is 1. The number of carbonyl (C=O) groups is 1. The fraction of sp³-hybridized carbons (Fsp3) is 0.984. The van der Waals surface area contributed by atoms with E-state index in [-0.39, 0.29) is 19.1 Å². The monoisotopic (exact) mass is 1010 g/mol. The summed E-state index contributed by atoms with van der Waals surface area (Å²) in [6.45, 7) is 4.79. The van der Waals surface area contributed by atoms with Gasteiger partial charge in [-0.1, -0.05) is 316 Å². The molecular formula is C61H125N2O6P. The second kappa shape index (κ2) is 53.3. The molecular weight excluding hydrogens is 888 g/mol. The summed E-state index contributed by atoms with van der Waals surface area (Å²) in [5, 5.41) is 14.1. The van der Waals surface area contributed by atoms with E-state index in [1.807, 2.05) is 21.1 Å². The van der Waals surface area contributed by atoms with E-state index in [1.54, 1.807) is 0 Å². The third-order valence-corrected chi connectivity index (χ3v) is 15.8. The maximum Gasteiger partial charge on any atom is 0.268 e. The van der Waals surface area contributed by atoms with Gasteiger partial charge in [-0.25, -0.2) is 0 Å². The van der Waals surface area contributed by atoms with Gasteiger partial charge in [0.2, 0.25) is 5.91 Å². The number of phosphoric acid groups is 1. The zero-order valence-corrected chi connectivity index (χ0v) is 48.9. The minimum Gasteiger partial charge on any atom is -0.756 e. The van der Waals surface area contributed by atoms with Gasteiger partial charge < -0.3 is 28.8 Å². The van der Waals surface area contributed by atoms with Crippen LogP contribution in [-0.4, -0.2) is 68.5 Å². The van der Waals surface area contributed by atoms with Gasteiger partial charge in [0.05, 0.1) is 39.9 Å². The first-order chi connectivity index (χ1) is 34.0. The number of amides is 1. The molecule has 0 saturated carbocycles. The Morgan fingerprint density at radius 3 is 0.971 bits per heavy atom. The van der Waals surface area contributed by atoms with E-state index in [0.29, 0.717) is 23.9 Å². The van der Waals surface area contributed by atoms with Crippen molar-refractivity contribution >= 4 is 13.7 Å². The van der Waals surface area contributed by atoms with Gasteiger partial charge in [0.15, 0.2) is 0 Å². The summed E-state index contributed by atoms with van der Waals surface area (Å²) in [6, 6.07) is -0.795. The lowest BCUT2D eigenvalue weighted by atomic mass is 10.0. The minimum atomic E-state index is -4.57. The molecule has 0 aromatic rings. The maximum absolute atomic E-state index is 13.0. The molecule has 8 nitrogen and oxygen atoms in total. The topological polar surface area (TPSA) is 108 Å². The Kier molecular flexibility index (Phi) is 52.9. The molecule has 0 rings (SSSR count). The third kappa shape index (κ3) is 55.3. The molecule has 70 heavy (non-hydrogen) atoms. The Morgan fingerprint density at radius 1 is 0.443 bits per heavy atom. The first-order valence-electron chi connectivity index (χ1n) is 31.4. The van der Waals surface area contributed by atoms with Gasteiger partial charge in [-0.05, 0) is 12.8 Å². The molecule has 0 aromatic carbocycles. The summed E-state index contributed by atoms with van der Waals surface area (Å²) < 4.78 is 23.5. The van der Waals surface area contributed by atoms with Crippen molar-refractivity contribution in [3.8, 4) is 0 Å². The number of quaternary nitrogens is 1. The summed E-state index contributed by atoms with van der Waals surface area (Å²) in [6.07, 6.45) is 64.4. The summed E-state index contributed by atoms with van der Waals surface area (Å²) in [4.78, 5) is 25.6. The Labute approximate surface area is 438 Å². The fourth-order valence-corrected chi connectivity index (χ4v) is 10.7. The van der Waals surface area contributed by atoms with E-state index in [1.165, 1.54) is 270 Å². The van der Waals surface area contributed by atoms with Crippen molar-refractivity contribution in [3.05, 3.63) is 0 Å². The predicted octanol–water partition coefficient (Wildman–Crippen LogP) is 18.6. The molecule has 2 N–H and O–H groups in total. The lowest BCUT2D eigenvalue weighted by Gasteiger charge is -2.30. The van der Waals surface area contributed by atoms with E-state index in [2.05, 4.69) is 19.2 Å². The van der Waals surface area contributed by atoms with E-state index in [0.717, 1.165) is 38.5 Å². The van der Waals surface area contributed by atoms with E-state index >= 15 is 0 Å². The zero-order chi connectivity index (χ0) is 51.3. The first-order valence-corrected chi connectivity index (χ1v) is 32.8. The standard InChI is InChI=1S/C61H125N2O6P/c1-6-8-10-12-14-16-18-20-22-24-26-27-28-29-30-31-32-33-34-35-37-38-40-42-44-46-48-50-52-54-60(64)59(58-69-70(66,67)68-57-56-63(3,4)5)62-61(65)55-53-51-49-47-45-43-41-39-36-25-23-21-19-17-15-13-11-9-7-2/h59-60,64H,6-58H2,1-5H3,(H-,62,65,66,67). The number of hydrogen-bond donors (Lipinski definition) is 2. The van der Waals surface area contributed by atoms with Crippen molar-refractivity contribution in [2.75, 3.05) is 40.9 Å². The molecule has 0 aliphatic rings. The molecule has 0 aromatic heterocycles. The van der Waals surface area contributed by atoms with E-state index < -0.39 is 20.0 Å². The van der Waals surface area contributed by atoms with Crippen LogP contribution in [0.25, 0.3) is 0 Å². The van der Waals surface area contributed by atoms with Crippen molar-refractivity contribution in [2.24, 2.45) is 0 Å². The molecule has 0 radical (unpaired) electrons. The third-order valence-electron chi connectivity index (χ3n) is 14.8. The van der Waals surface area contributed by atoms with Gasteiger partial charge in [-0.2, -0.15) is 0 Å². The summed E-state index contributed by atoms with van der Waals surface area (Å²) in [5.74, 6) is -0.156. The molecule has 0 aliphatic carbocycles. The van der Waals surface area contributed by atoms with Crippen LogP contribution in [0.15, 0.2) is 0 Å². The number of hydrogen-bond acceptors (Lipinski definition) is 6. The summed E-state index contributed by atoms with van der Waals surface area (Å²) in [7, 11) is 1.33. The summed E-state index contributed by atoms with van der Waals surface area (Å²) >= 11 is 0. The Bertz CT molecular complexity index is 1100. The van der Waals surface area contributed by atoms with Gasteiger partial charge in [0.1, 0.15) is 13.2 Å². The summed E-state index contributed by atoms with van der Waals surface area (Å²) in [5.41, 5.74) is 0. The second-order valence-electron chi connectivity index (χ2n) is 23.1.